The number of nitrogens with two attached hydrogens (primary N) is 1. The first-order valence-corrected chi connectivity index (χ1v) is 4.38. The van der Waals surface area contributed by atoms with Gasteiger partial charge in [0.15, 0.2) is 17.4 Å². The molecule has 0 aliphatic carbocycles. The lowest BCUT2D eigenvalue weighted by Gasteiger charge is -2.05. The Hall–Kier alpha value is -2.11. The number of aromatic nitrogens is 1. The van der Waals surface area contributed by atoms with Crippen molar-refractivity contribution in [1.29, 1.82) is 0 Å². The molecule has 0 atom stereocenters. The first kappa shape index (κ1) is 10.4. The summed E-state index contributed by atoms with van der Waals surface area (Å²) in [7, 11) is 1.18. The molecule has 0 aliphatic rings. The fraction of sp³-hybridized carbons (Fsp3) is 0.100. The Balaban J connectivity index is 2.58. The lowest BCUT2D eigenvalue weighted by atomic mass is 10.1. The van der Waals surface area contributed by atoms with Crippen molar-refractivity contribution in [1.82, 2.24) is 5.16 Å². The maximum atomic E-state index is 13.7. The average molecular weight is 226 g/mol. The topological polar surface area (TPSA) is 61.3 Å². The molecule has 4 nitrogen and oxygen atoms in total. The number of nitrogen functional groups attached to an aromatic ring is 1. The summed E-state index contributed by atoms with van der Waals surface area (Å²) in [5.41, 5.74) is 5.57. The van der Waals surface area contributed by atoms with Gasteiger partial charge in [0.25, 0.3) is 0 Å². The quantitative estimate of drug-likeness (QED) is 0.852. The molecule has 6 heteroatoms. The Kier molecular flexibility index (Phi) is 2.47. The summed E-state index contributed by atoms with van der Waals surface area (Å²) in [6.45, 7) is 0. The number of anilines is 1. The maximum Gasteiger partial charge on any atom is 0.222 e. The van der Waals surface area contributed by atoms with E-state index in [-0.39, 0.29) is 17.1 Å². The highest BCUT2D eigenvalue weighted by Gasteiger charge is 2.17. The van der Waals surface area contributed by atoms with Crippen LogP contribution in [0.4, 0.5) is 14.7 Å². The number of ether oxygens (including phenoxy) is 1. The van der Waals surface area contributed by atoms with Crippen molar-refractivity contribution in [3.05, 3.63) is 29.8 Å². The maximum absolute atomic E-state index is 13.7. The molecule has 0 fully saturated rings. The van der Waals surface area contributed by atoms with Crippen molar-refractivity contribution in [2.24, 2.45) is 0 Å². The molecule has 84 valence electrons. The molecule has 1 aromatic carbocycles. The zero-order chi connectivity index (χ0) is 11.7. The van der Waals surface area contributed by atoms with Crippen LogP contribution in [0.25, 0.3) is 11.3 Å². The van der Waals surface area contributed by atoms with E-state index in [4.69, 9.17) is 5.73 Å². The van der Waals surface area contributed by atoms with Crippen molar-refractivity contribution in [2.45, 2.75) is 0 Å². The second-order valence-electron chi connectivity index (χ2n) is 3.06. The van der Waals surface area contributed by atoms with Crippen LogP contribution in [0.15, 0.2) is 22.7 Å². The summed E-state index contributed by atoms with van der Waals surface area (Å²) in [6, 6.07) is 3.67. The van der Waals surface area contributed by atoms with Gasteiger partial charge < -0.3 is 15.0 Å². The molecule has 2 rings (SSSR count). The van der Waals surface area contributed by atoms with Gasteiger partial charge >= 0.3 is 0 Å². The van der Waals surface area contributed by atoms with Gasteiger partial charge in [-0.2, -0.15) is 0 Å². The molecule has 1 aromatic heterocycles. The number of nitrogens with zero attached hydrogens (tertiary/aromatic N) is 1. The third-order valence-electron chi connectivity index (χ3n) is 2.06. The highest BCUT2D eigenvalue weighted by molar-refractivity contribution is 5.64. The van der Waals surface area contributed by atoms with Gasteiger partial charge in [-0.25, -0.2) is 8.78 Å². The van der Waals surface area contributed by atoms with Crippen LogP contribution >= 0.6 is 0 Å². The van der Waals surface area contributed by atoms with Gasteiger partial charge in [0, 0.05) is 11.6 Å². The Bertz CT molecular complexity index is 526. The van der Waals surface area contributed by atoms with Crippen molar-refractivity contribution in [3.8, 4) is 17.0 Å². The monoisotopic (exact) mass is 226 g/mol. The summed E-state index contributed by atoms with van der Waals surface area (Å²) >= 11 is 0. The van der Waals surface area contributed by atoms with Crippen LogP contribution in [0, 0.1) is 11.6 Å². The molecule has 0 bridgehead atoms. The predicted octanol–water partition coefficient (Wildman–Crippen LogP) is 2.21. The molecule has 2 aromatic rings. The van der Waals surface area contributed by atoms with E-state index in [1.807, 2.05) is 0 Å². The number of halogens is 2. The molecular formula is C10H8F2N2O2. The molecule has 0 unspecified atom stereocenters. The number of rotatable bonds is 2. The summed E-state index contributed by atoms with van der Waals surface area (Å²) in [5, 5.41) is 3.53. The van der Waals surface area contributed by atoms with E-state index in [0.29, 0.717) is 0 Å². The van der Waals surface area contributed by atoms with E-state index in [9.17, 15) is 8.78 Å². The largest absolute Gasteiger partial charge is 0.491 e. The van der Waals surface area contributed by atoms with Gasteiger partial charge in [-0.15, -0.1) is 0 Å². The molecular weight excluding hydrogens is 218 g/mol. The Morgan fingerprint density at radius 2 is 2.12 bits per heavy atom. The number of hydrogen-bond donors (Lipinski definition) is 1. The number of hydrogen-bond acceptors (Lipinski definition) is 4. The first-order valence-electron chi connectivity index (χ1n) is 4.38. The molecule has 0 saturated carbocycles. The Morgan fingerprint density at radius 1 is 1.38 bits per heavy atom. The Morgan fingerprint density at radius 3 is 2.69 bits per heavy atom. The summed E-state index contributed by atoms with van der Waals surface area (Å²) < 4.78 is 36.1. The third-order valence-corrected chi connectivity index (χ3v) is 2.06. The molecule has 0 spiro atoms. The van der Waals surface area contributed by atoms with Crippen LogP contribution in [0.3, 0.4) is 0 Å². The second-order valence-corrected chi connectivity index (χ2v) is 3.06. The van der Waals surface area contributed by atoms with E-state index >= 15 is 0 Å². The summed E-state index contributed by atoms with van der Waals surface area (Å²) in [4.78, 5) is 0. The van der Waals surface area contributed by atoms with E-state index in [1.54, 1.807) is 0 Å². The van der Waals surface area contributed by atoms with Crippen LogP contribution in [-0.4, -0.2) is 12.3 Å². The highest BCUT2D eigenvalue weighted by Crippen LogP contribution is 2.31. The molecule has 16 heavy (non-hydrogen) atoms. The number of methoxy groups -OCH3 is 1. The predicted molar refractivity (Wildman–Crippen MR) is 52.8 cm³/mol. The molecule has 0 saturated heterocycles. The van der Waals surface area contributed by atoms with Gasteiger partial charge in [0.05, 0.1) is 7.11 Å². The van der Waals surface area contributed by atoms with Crippen LogP contribution < -0.4 is 10.5 Å². The van der Waals surface area contributed by atoms with Crippen LogP contribution in [-0.2, 0) is 0 Å². The van der Waals surface area contributed by atoms with E-state index in [1.165, 1.54) is 19.2 Å². The second kappa shape index (κ2) is 3.80. The Labute approximate surface area is 89.6 Å². The first-order chi connectivity index (χ1) is 7.63. The van der Waals surface area contributed by atoms with E-state index in [2.05, 4.69) is 14.4 Å². The highest BCUT2D eigenvalue weighted by atomic mass is 19.1. The standard InChI is InChI=1S/C10H8F2N2O2/c1-15-10-6(11)3-2-5(9(10)12)7-4-8(13)16-14-7/h2-4H,13H2,1H3. The minimum atomic E-state index is -0.837. The molecule has 2 N–H and O–H groups in total. The molecule has 0 radical (unpaired) electrons. The smallest absolute Gasteiger partial charge is 0.222 e. The fourth-order valence-electron chi connectivity index (χ4n) is 1.33. The van der Waals surface area contributed by atoms with Crippen LogP contribution in [0.1, 0.15) is 0 Å². The minimum absolute atomic E-state index is 0.0534. The van der Waals surface area contributed by atoms with Crippen LogP contribution in [0.5, 0.6) is 5.75 Å². The van der Waals surface area contributed by atoms with Crippen molar-refractivity contribution < 1.29 is 18.0 Å². The third kappa shape index (κ3) is 1.58. The summed E-state index contributed by atoms with van der Waals surface area (Å²) in [5.74, 6) is -2.02. The van der Waals surface area contributed by atoms with Crippen molar-refractivity contribution in [3.63, 3.8) is 0 Å². The fourth-order valence-corrected chi connectivity index (χ4v) is 1.33. The normalized spacial score (nSPS) is 10.4. The lowest BCUT2D eigenvalue weighted by molar-refractivity contribution is 0.360. The zero-order valence-electron chi connectivity index (χ0n) is 8.33. The van der Waals surface area contributed by atoms with Crippen LogP contribution in [0.2, 0.25) is 0 Å². The van der Waals surface area contributed by atoms with Crippen molar-refractivity contribution in [2.75, 3.05) is 12.8 Å². The van der Waals surface area contributed by atoms with Gasteiger partial charge in [-0.3, -0.25) is 0 Å². The van der Waals surface area contributed by atoms with Gasteiger partial charge in [0.2, 0.25) is 5.88 Å². The van der Waals surface area contributed by atoms with Gasteiger partial charge in [-0.05, 0) is 12.1 Å². The van der Waals surface area contributed by atoms with Gasteiger partial charge in [-0.1, -0.05) is 5.16 Å². The SMILES string of the molecule is COc1c(F)ccc(-c2cc(N)on2)c1F. The molecule has 0 amide bonds. The molecule has 1 heterocycles. The van der Waals surface area contributed by atoms with Gasteiger partial charge in [0.1, 0.15) is 5.69 Å². The van der Waals surface area contributed by atoms with E-state index in [0.717, 1.165) is 6.07 Å². The number of benzene rings is 1. The zero-order valence-corrected chi connectivity index (χ0v) is 8.33. The van der Waals surface area contributed by atoms with Crippen molar-refractivity contribution >= 4 is 5.88 Å². The average Bonchev–Trinajstić information content (AvgIpc) is 2.65. The molecule has 0 aliphatic heterocycles. The summed E-state index contributed by atoms with van der Waals surface area (Å²) in [6.07, 6.45) is 0. The lowest BCUT2D eigenvalue weighted by Crippen LogP contribution is -1.95. The minimum Gasteiger partial charge on any atom is -0.491 e. The van der Waals surface area contributed by atoms with E-state index < -0.39 is 17.4 Å².